The lowest BCUT2D eigenvalue weighted by atomic mass is 9.67. The van der Waals surface area contributed by atoms with E-state index < -0.39 is 37.3 Å². The molecule has 0 radical (unpaired) electrons. The zero-order valence-corrected chi connectivity index (χ0v) is 19.1. The smallest absolute Gasteiger partial charge is 0.257 e. The first kappa shape index (κ1) is 23.9. The zero-order chi connectivity index (χ0) is 23.6. The number of hydrogen-bond acceptors (Lipinski definition) is 6. The minimum absolute atomic E-state index is 0.0543. The minimum Gasteiger partial charge on any atom is -0.277 e. The predicted molar refractivity (Wildman–Crippen MR) is 116 cm³/mol. The monoisotopic (exact) mass is 480 g/mol. The van der Waals surface area contributed by atoms with Gasteiger partial charge in [0, 0.05) is 0 Å². The highest BCUT2D eigenvalue weighted by Gasteiger charge is 2.51. The average Bonchev–Trinajstić information content (AvgIpc) is 2.71. The Kier molecular flexibility index (Phi) is 6.69. The van der Waals surface area contributed by atoms with Gasteiger partial charge in [0.2, 0.25) is 0 Å². The zero-order valence-electron chi connectivity index (χ0n) is 17.5. The van der Waals surface area contributed by atoms with E-state index in [0.717, 1.165) is 11.1 Å². The molecule has 172 valence electrons. The van der Waals surface area contributed by atoms with Gasteiger partial charge in [0.1, 0.15) is 5.41 Å². The Morgan fingerprint density at radius 3 is 1.31 bits per heavy atom. The van der Waals surface area contributed by atoms with Crippen LogP contribution in [0, 0.1) is 19.3 Å². The van der Waals surface area contributed by atoms with Crippen molar-refractivity contribution in [1.29, 1.82) is 0 Å². The van der Waals surface area contributed by atoms with Crippen LogP contribution in [0.15, 0.2) is 58.3 Å². The highest BCUT2D eigenvalue weighted by atomic mass is 32.2. The van der Waals surface area contributed by atoms with Crippen LogP contribution in [0.1, 0.15) is 30.4 Å². The predicted octanol–water partition coefficient (Wildman–Crippen LogP) is 0.793. The van der Waals surface area contributed by atoms with Crippen molar-refractivity contribution in [3.8, 4) is 0 Å². The van der Waals surface area contributed by atoms with E-state index in [-0.39, 0.29) is 22.6 Å². The molecular formula is C20H24N4O6S2. The lowest BCUT2D eigenvalue weighted by Gasteiger charge is -2.38. The van der Waals surface area contributed by atoms with Crippen molar-refractivity contribution in [3.05, 3.63) is 59.7 Å². The first-order valence-corrected chi connectivity index (χ1v) is 12.7. The van der Waals surface area contributed by atoms with Crippen LogP contribution in [0.25, 0.3) is 0 Å². The van der Waals surface area contributed by atoms with Crippen LogP contribution in [0.5, 0.6) is 0 Å². The van der Waals surface area contributed by atoms with Gasteiger partial charge in [0.25, 0.3) is 31.9 Å². The largest absolute Gasteiger partial charge is 0.277 e. The summed E-state index contributed by atoms with van der Waals surface area (Å²) in [5.41, 5.74) is 4.30. The average molecular weight is 481 g/mol. The Labute approximate surface area is 186 Å². The van der Waals surface area contributed by atoms with E-state index in [9.17, 15) is 26.4 Å². The summed E-state index contributed by atoms with van der Waals surface area (Å²) in [4.78, 5) is 29.2. The van der Waals surface area contributed by atoms with Gasteiger partial charge in [-0.1, -0.05) is 41.8 Å². The Bertz CT molecular complexity index is 1130. The number of amides is 2. The molecule has 0 spiro atoms. The van der Waals surface area contributed by atoms with Crippen LogP contribution in [0.2, 0.25) is 0 Å². The molecule has 0 aliphatic heterocycles. The van der Waals surface area contributed by atoms with Crippen molar-refractivity contribution >= 4 is 31.9 Å². The summed E-state index contributed by atoms with van der Waals surface area (Å²) < 4.78 is 49.5. The number of sulfonamides is 2. The van der Waals surface area contributed by atoms with Crippen LogP contribution >= 0.6 is 0 Å². The number of hydrogen-bond donors (Lipinski definition) is 4. The maximum atomic E-state index is 12.7. The quantitative estimate of drug-likeness (QED) is 0.324. The fourth-order valence-corrected chi connectivity index (χ4v) is 4.79. The summed E-state index contributed by atoms with van der Waals surface area (Å²) in [6.07, 6.45) is 0.836. The summed E-state index contributed by atoms with van der Waals surface area (Å²) in [7, 11) is -8.08. The fraction of sp³-hybridized carbons (Fsp3) is 0.300. The summed E-state index contributed by atoms with van der Waals surface area (Å²) in [6.45, 7) is 3.61. The van der Waals surface area contributed by atoms with Crippen molar-refractivity contribution in [2.75, 3.05) is 0 Å². The van der Waals surface area contributed by atoms with E-state index in [4.69, 9.17) is 0 Å². The number of hydrazine groups is 2. The van der Waals surface area contributed by atoms with E-state index in [2.05, 4.69) is 10.9 Å². The summed E-state index contributed by atoms with van der Waals surface area (Å²) >= 11 is 0. The molecule has 2 aromatic rings. The molecule has 0 unspecified atom stereocenters. The SMILES string of the molecule is Cc1ccc(S(=O)(=O)NNC(=O)C2(C(=O)NNS(=O)(=O)c3ccc(C)cc3)CCC2)cc1. The molecule has 4 N–H and O–H groups in total. The van der Waals surface area contributed by atoms with Gasteiger partial charge in [-0.15, -0.1) is 9.66 Å². The van der Waals surface area contributed by atoms with Crippen molar-refractivity contribution in [3.63, 3.8) is 0 Å². The number of aryl methyl sites for hydroxylation is 2. The van der Waals surface area contributed by atoms with Crippen LogP contribution < -0.4 is 20.5 Å². The maximum Gasteiger partial charge on any atom is 0.257 e. The van der Waals surface area contributed by atoms with E-state index in [1.54, 1.807) is 38.1 Å². The van der Waals surface area contributed by atoms with Crippen LogP contribution in [0.4, 0.5) is 0 Å². The summed E-state index contributed by atoms with van der Waals surface area (Å²) in [5, 5.41) is 0. The molecule has 0 heterocycles. The molecule has 3 rings (SSSR count). The summed E-state index contributed by atoms with van der Waals surface area (Å²) in [6, 6.07) is 12.0. The third-order valence-corrected chi connectivity index (χ3v) is 7.86. The molecule has 2 aromatic carbocycles. The van der Waals surface area contributed by atoms with Gasteiger partial charge in [0.05, 0.1) is 9.79 Å². The van der Waals surface area contributed by atoms with E-state index in [1.807, 2.05) is 9.66 Å². The molecule has 10 nitrogen and oxygen atoms in total. The van der Waals surface area contributed by atoms with E-state index >= 15 is 0 Å². The van der Waals surface area contributed by atoms with Crippen molar-refractivity contribution in [2.24, 2.45) is 5.41 Å². The normalized spacial score (nSPS) is 15.4. The standard InChI is InChI=1S/C20H24N4O6S2/c1-14-4-8-16(9-5-14)31(27,28)23-21-18(25)20(12-3-13-20)19(26)22-24-32(29,30)17-10-6-15(2)7-11-17/h4-11,23-24H,3,12-13H2,1-2H3,(H,21,25)(H,22,26). The number of carbonyl (C=O) groups is 2. The van der Waals surface area contributed by atoms with Crippen molar-refractivity contribution < 1.29 is 26.4 Å². The molecule has 0 bridgehead atoms. The molecule has 1 aliphatic rings. The number of nitrogens with one attached hydrogen (secondary N) is 4. The summed E-state index contributed by atoms with van der Waals surface area (Å²) in [5.74, 6) is -1.74. The fourth-order valence-electron chi connectivity index (χ4n) is 3.11. The number of carbonyl (C=O) groups excluding carboxylic acids is 2. The van der Waals surface area contributed by atoms with E-state index in [0.29, 0.717) is 6.42 Å². The van der Waals surface area contributed by atoms with Crippen LogP contribution in [-0.2, 0) is 29.6 Å². The molecule has 1 fully saturated rings. The number of rotatable bonds is 8. The molecule has 32 heavy (non-hydrogen) atoms. The molecule has 1 saturated carbocycles. The van der Waals surface area contributed by atoms with Crippen LogP contribution in [-0.4, -0.2) is 28.6 Å². The molecule has 0 atom stereocenters. The molecule has 1 aliphatic carbocycles. The van der Waals surface area contributed by atoms with Gasteiger partial charge in [0.15, 0.2) is 0 Å². The molecule has 12 heteroatoms. The lowest BCUT2D eigenvalue weighted by molar-refractivity contribution is -0.150. The lowest BCUT2D eigenvalue weighted by Crippen LogP contribution is -2.60. The molecule has 0 saturated heterocycles. The molecule has 2 amide bonds. The Balaban J connectivity index is 1.65. The van der Waals surface area contributed by atoms with Gasteiger partial charge in [-0.2, -0.15) is 0 Å². The van der Waals surface area contributed by atoms with Crippen LogP contribution in [0.3, 0.4) is 0 Å². The minimum atomic E-state index is -4.04. The van der Waals surface area contributed by atoms with E-state index in [1.165, 1.54) is 24.3 Å². The molecule has 0 aromatic heterocycles. The van der Waals surface area contributed by atoms with Gasteiger partial charge in [-0.3, -0.25) is 20.4 Å². The Hall–Kier alpha value is -2.80. The highest BCUT2D eigenvalue weighted by molar-refractivity contribution is 7.89. The van der Waals surface area contributed by atoms with Gasteiger partial charge in [-0.25, -0.2) is 16.8 Å². The Morgan fingerprint density at radius 1 is 0.688 bits per heavy atom. The maximum absolute atomic E-state index is 12.7. The first-order chi connectivity index (χ1) is 15.0. The Morgan fingerprint density at radius 2 is 1.03 bits per heavy atom. The second-order valence-corrected chi connectivity index (χ2v) is 11.0. The van der Waals surface area contributed by atoms with Gasteiger partial charge < -0.3 is 0 Å². The third-order valence-electron chi connectivity index (χ3n) is 5.34. The second-order valence-electron chi connectivity index (χ2n) is 7.68. The van der Waals surface area contributed by atoms with Crippen molar-refractivity contribution in [2.45, 2.75) is 42.9 Å². The highest BCUT2D eigenvalue weighted by Crippen LogP contribution is 2.41. The number of benzene rings is 2. The van der Waals surface area contributed by atoms with Crippen molar-refractivity contribution in [1.82, 2.24) is 20.5 Å². The molecular weight excluding hydrogens is 456 g/mol. The van der Waals surface area contributed by atoms with Gasteiger partial charge in [-0.05, 0) is 51.0 Å². The third kappa shape index (κ3) is 4.99. The first-order valence-electron chi connectivity index (χ1n) is 9.74. The topological polar surface area (TPSA) is 151 Å². The second kappa shape index (κ2) is 8.98. The van der Waals surface area contributed by atoms with Gasteiger partial charge >= 0.3 is 0 Å².